The molecule has 2 atom stereocenters. The van der Waals surface area contributed by atoms with E-state index in [4.69, 9.17) is 27.8 Å². The molecule has 0 aliphatic carbocycles. The van der Waals surface area contributed by atoms with E-state index in [9.17, 15) is 9.59 Å². The number of carbonyl (C=O) groups excluding carboxylic acids is 2. The average Bonchev–Trinajstić information content (AvgIpc) is 3.14. The van der Waals surface area contributed by atoms with Crippen LogP contribution in [-0.4, -0.2) is 23.3 Å². The van der Waals surface area contributed by atoms with Gasteiger partial charge in [0.15, 0.2) is 0 Å². The Kier molecular flexibility index (Phi) is 5.33. The highest BCUT2D eigenvalue weighted by atomic mass is 35.5. The summed E-state index contributed by atoms with van der Waals surface area (Å²) in [5.41, 5.74) is 13.8. The fourth-order valence-electron chi connectivity index (χ4n) is 3.77. The number of fused-ring (bicyclic) bond motifs is 1. The van der Waals surface area contributed by atoms with Gasteiger partial charge in [0.2, 0.25) is 5.91 Å². The monoisotopic (exact) mass is 421 g/mol. The minimum Gasteiger partial charge on any atom is -0.491 e. The van der Waals surface area contributed by atoms with Gasteiger partial charge in [0.1, 0.15) is 18.4 Å². The summed E-state index contributed by atoms with van der Waals surface area (Å²) >= 11 is 6.20. The van der Waals surface area contributed by atoms with Crippen molar-refractivity contribution < 1.29 is 14.3 Å². The first-order valence-corrected chi connectivity index (χ1v) is 9.79. The van der Waals surface area contributed by atoms with Gasteiger partial charge in [-0.3, -0.25) is 9.59 Å². The number of nitrogen functional groups attached to an aromatic ring is 1. The van der Waals surface area contributed by atoms with Crippen LogP contribution in [0.3, 0.4) is 0 Å². The summed E-state index contributed by atoms with van der Waals surface area (Å²) in [6.45, 7) is 0.171. The second kappa shape index (κ2) is 8.08. The largest absolute Gasteiger partial charge is 0.491 e. The van der Waals surface area contributed by atoms with Crippen LogP contribution in [0.25, 0.3) is 0 Å². The first-order chi connectivity index (χ1) is 14.5. The quantitative estimate of drug-likeness (QED) is 0.613. The van der Waals surface area contributed by atoms with Crippen molar-refractivity contribution in [1.29, 1.82) is 0 Å². The number of rotatable bonds is 5. The first kappa shape index (κ1) is 19.8. The molecule has 1 aliphatic rings. The Balaban J connectivity index is 1.88. The van der Waals surface area contributed by atoms with E-state index in [-0.39, 0.29) is 12.2 Å². The summed E-state index contributed by atoms with van der Waals surface area (Å²) in [6.07, 6.45) is 0. The zero-order valence-corrected chi connectivity index (χ0v) is 16.8. The van der Waals surface area contributed by atoms with Crippen LogP contribution in [0.4, 0.5) is 5.69 Å². The molecule has 2 amide bonds. The molecule has 0 spiro atoms. The van der Waals surface area contributed by atoms with Crippen LogP contribution in [0.1, 0.15) is 33.6 Å². The molecule has 0 unspecified atom stereocenters. The molecular formula is C23H20ClN3O3. The number of para-hydroxylation sites is 1. The van der Waals surface area contributed by atoms with Crippen molar-refractivity contribution in [2.45, 2.75) is 12.1 Å². The lowest BCUT2D eigenvalue weighted by Crippen LogP contribution is -2.44. The zero-order valence-electron chi connectivity index (χ0n) is 16.0. The Morgan fingerprint density at radius 2 is 1.73 bits per heavy atom. The molecule has 0 bridgehead atoms. The smallest absolute Gasteiger partial charge is 0.257 e. The van der Waals surface area contributed by atoms with E-state index >= 15 is 0 Å². The summed E-state index contributed by atoms with van der Waals surface area (Å²) in [7, 11) is 0. The average molecular weight is 422 g/mol. The number of hydrogen-bond donors (Lipinski definition) is 2. The maximum absolute atomic E-state index is 13.7. The molecule has 4 rings (SSSR count). The Morgan fingerprint density at radius 3 is 2.43 bits per heavy atom. The van der Waals surface area contributed by atoms with E-state index in [0.717, 1.165) is 0 Å². The molecule has 0 saturated carbocycles. The third-order valence-electron chi connectivity index (χ3n) is 5.15. The molecule has 0 saturated heterocycles. The standard InChI is InChI=1S/C23H20ClN3O3/c24-15-10-11-20-17(12-15)19(13-30-20)27(23(29)16-8-4-5-9-18(16)25)21(22(26)28)14-6-2-1-3-7-14/h1-12,19,21H,13,25H2,(H2,26,28)/t19-,21-/m1/s1. The highest BCUT2D eigenvalue weighted by molar-refractivity contribution is 6.30. The summed E-state index contributed by atoms with van der Waals surface area (Å²) in [5.74, 6) is -0.457. The molecule has 4 N–H and O–H groups in total. The maximum atomic E-state index is 13.7. The lowest BCUT2D eigenvalue weighted by atomic mass is 9.97. The van der Waals surface area contributed by atoms with Gasteiger partial charge < -0.3 is 21.1 Å². The van der Waals surface area contributed by atoms with Crippen LogP contribution in [0, 0.1) is 0 Å². The maximum Gasteiger partial charge on any atom is 0.257 e. The van der Waals surface area contributed by atoms with Crippen molar-refractivity contribution in [2.75, 3.05) is 12.3 Å². The molecule has 152 valence electrons. The molecule has 1 aliphatic heterocycles. The second-order valence-corrected chi connectivity index (χ2v) is 7.46. The van der Waals surface area contributed by atoms with E-state index in [0.29, 0.717) is 27.6 Å². The van der Waals surface area contributed by atoms with Crippen molar-refractivity contribution >= 4 is 29.1 Å². The molecule has 0 fully saturated rings. The Morgan fingerprint density at radius 1 is 1.03 bits per heavy atom. The number of nitrogens with two attached hydrogens (primary N) is 2. The van der Waals surface area contributed by atoms with E-state index in [1.165, 1.54) is 4.90 Å². The highest BCUT2D eigenvalue weighted by Crippen LogP contribution is 2.42. The Hall–Kier alpha value is -3.51. The molecular weight excluding hydrogens is 402 g/mol. The topological polar surface area (TPSA) is 98.7 Å². The van der Waals surface area contributed by atoms with Crippen LogP contribution in [0.2, 0.25) is 5.02 Å². The number of nitrogens with zero attached hydrogens (tertiary/aromatic N) is 1. The third kappa shape index (κ3) is 3.57. The fourth-order valence-corrected chi connectivity index (χ4v) is 3.95. The summed E-state index contributed by atoms with van der Waals surface area (Å²) < 4.78 is 5.79. The lowest BCUT2D eigenvalue weighted by Gasteiger charge is -2.35. The number of primary amides is 1. The Bertz CT molecular complexity index is 1100. The normalized spacial score (nSPS) is 15.7. The second-order valence-electron chi connectivity index (χ2n) is 7.02. The fraction of sp³-hybridized carbons (Fsp3) is 0.130. The number of amides is 2. The number of carbonyl (C=O) groups is 2. The number of halogens is 1. The van der Waals surface area contributed by atoms with E-state index in [1.54, 1.807) is 66.7 Å². The van der Waals surface area contributed by atoms with Crippen molar-refractivity contribution in [2.24, 2.45) is 5.73 Å². The van der Waals surface area contributed by atoms with Gasteiger partial charge in [-0.1, -0.05) is 54.1 Å². The van der Waals surface area contributed by atoms with Crippen molar-refractivity contribution in [3.63, 3.8) is 0 Å². The zero-order chi connectivity index (χ0) is 21.3. The van der Waals surface area contributed by atoms with Gasteiger partial charge in [0, 0.05) is 16.3 Å². The van der Waals surface area contributed by atoms with Crippen LogP contribution >= 0.6 is 11.6 Å². The first-order valence-electron chi connectivity index (χ1n) is 9.41. The summed E-state index contributed by atoms with van der Waals surface area (Å²) in [5, 5.41) is 0.506. The molecule has 7 heteroatoms. The van der Waals surface area contributed by atoms with Gasteiger partial charge >= 0.3 is 0 Å². The van der Waals surface area contributed by atoms with Crippen molar-refractivity contribution in [1.82, 2.24) is 4.90 Å². The van der Waals surface area contributed by atoms with Gasteiger partial charge in [-0.25, -0.2) is 0 Å². The highest BCUT2D eigenvalue weighted by Gasteiger charge is 2.41. The van der Waals surface area contributed by atoms with Crippen molar-refractivity contribution in [3.8, 4) is 5.75 Å². The van der Waals surface area contributed by atoms with Crippen LogP contribution in [0.5, 0.6) is 5.75 Å². The molecule has 0 aromatic heterocycles. The number of ether oxygens (including phenoxy) is 1. The van der Waals surface area contributed by atoms with Gasteiger partial charge in [0.05, 0.1) is 11.6 Å². The van der Waals surface area contributed by atoms with E-state index in [2.05, 4.69) is 0 Å². The predicted octanol–water partition coefficient (Wildman–Crippen LogP) is 3.72. The lowest BCUT2D eigenvalue weighted by molar-refractivity contribution is -0.123. The van der Waals surface area contributed by atoms with Gasteiger partial charge in [0.25, 0.3) is 5.91 Å². The minimum atomic E-state index is -1.02. The van der Waals surface area contributed by atoms with Crippen LogP contribution in [-0.2, 0) is 4.79 Å². The minimum absolute atomic E-state index is 0.171. The molecule has 0 radical (unpaired) electrons. The summed E-state index contributed by atoms with van der Waals surface area (Å²) in [4.78, 5) is 27.8. The van der Waals surface area contributed by atoms with Gasteiger partial charge in [-0.05, 0) is 35.9 Å². The predicted molar refractivity (Wildman–Crippen MR) is 115 cm³/mol. The van der Waals surface area contributed by atoms with Crippen LogP contribution in [0.15, 0.2) is 72.8 Å². The van der Waals surface area contributed by atoms with Crippen LogP contribution < -0.4 is 16.2 Å². The van der Waals surface area contributed by atoms with E-state index in [1.807, 2.05) is 6.07 Å². The summed E-state index contributed by atoms with van der Waals surface area (Å²) in [6, 6.07) is 19.3. The molecule has 3 aromatic rings. The SMILES string of the molecule is NC(=O)[C@@H](c1ccccc1)N(C(=O)c1ccccc1N)[C@@H]1COc2ccc(Cl)cc21. The molecule has 1 heterocycles. The molecule has 6 nitrogen and oxygen atoms in total. The third-order valence-corrected chi connectivity index (χ3v) is 5.39. The number of anilines is 1. The van der Waals surface area contributed by atoms with Gasteiger partial charge in [-0.2, -0.15) is 0 Å². The van der Waals surface area contributed by atoms with E-state index < -0.39 is 23.9 Å². The molecule has 30 heavy (non-hydrogen) atoms. The number of benzene rings is 3. The Labute approximate surface area is 179 Å². The van der Waals surface area contributed by atoms with Crippen molar-refractivity contribution in [3.05, 3.63) is 94.5 Å². The van der Waals surface area contributed by atoms with Gasteiger partial charge in [-0.15, -0.1) is 0 Å². The number of hydrogen-bond acceptors (Lipinski definition) is 4. The molecule has 3 aromatic carbocycles.